The van der Waals surface area contributed by atoms with Crippen molar-refractivity contribution in [3.63, 3.8) is 0 Å². The number of alkyl halides is 2. The summed E-state index contributed by atoms with van der Waals surface area (Å²) in [6, 6.07) is 0. The zero-order valence-corrected chi connectivity index (χ0v) is 12.1. The number of nitro groups is 1. The van der Waals surface area contributed by atoms with Crippen LogP contribution < -0.4 is 4.90 Å². The number of methoxy groups -OCH3 is 1. The SMILES string of the molecule is COC(=O)c1c(N2CCC(F)(F)CC2)ncc([N+](=O)[O-])c1C. The molecule has 0 aliphatic carbocycles. The average molecular weight is 315 g/mol. The molecule has 7 nitrogen and oxygen atoms in total. The number of rotatable bonds is 3. The second-order valence-electron chi connectivity index (χ2n) is 5.06. The molecule has 1 aromatic heterocycles. The Morgan fingerprint density at radius 1 is 1.45 bits per heavy atom. The molecule has 0 spiro atoms. The Kier molecular flexibility index (Phi) is 4.25. The van der Waals surface area contributed by atoms with E-state index in [1.807, 2.05) is 0 Å². The Bertz CT molecular complexity index is 612. The van der Waals surface area contributed by atoms with Gasteiger partial charge in [-0.3, -0.25) is 10.1 Å². The number of hydrogen-bond donors (Lipinski definition) is 0. The summed E-state index contributed by atoms with van der Waals surface area (Å²) in [5.74, 6) is -3.37. The maximum absolute atomic E-state index is 13.2. The van der Waals surface area contributed by atoms with Crippen LogP contribution in [-0.2, 0) is 4.74 Å². The van der Waals surface area contributed by atoms with Crippen molar-refractivity contribution in [1.29, 1.82) is 0 Å². The summed E-state index contributed by atoms with van der Waals surface area (Å²) in [6.45, 7) is 1.44. The highest BCUT2D eigenvalue weighted by Gasteiger charge is 2.36. The van der Waals surface area contributed by atoms with Gasteiger partial charge >= 0.3 is 5.97 Å². The molecule has 1 aliphatic rings. The highest BCUT2D eigenvalue weighted by molar-refractivity contribution is 5.97. The summed E-state index contributed by atoms with van der Waals surface area (Å²) in [5.41, 5.74) is -0.257. The number of carbonyl (C=O) groups excluding carboxylic acids is 1. The molecule has 1 aliphatic heterocycles. The van der Waals surface area contributed by atoms with Gasteiger partial charge < -0.3 is 9.64 Å². The molecule has 0 radical (unpaired) electrons. The fraction of sp³-hybridized carbons (Fsp3) is 0.538. The van der Waals surface area contributed by atoms with Crippen molar-refractivity contribution < 1.29 is 23.2 Å². The first-order chi connectivity index (χ1) is 10.3. The van der Waals surface area contributed by atoms with E-state index in [2.05, 4.69) is 9.72 Å². The molecule has 0 saturated carbocycles. The maximum Gasteiger partial charge on any atom is 0.342 e. The van der Waals surface area contributed by atoms with E-state index in [4.69, 9.17) is 0 Å². The van der Waals surface area contributed by atoms with Gasteiger partial charge in [-0.1, -0.05) is 0 Å². The number of ether oxygens (including phenoxy) is 1. The molecule has 0 N–H and O–H groups in total. The molecular weight excluding hydrogens is 300 g/mol. The third-order valence-electron chi connectivity index (χ3n) is 3.67. The lowest BCUT2D eigenvalue weighted by Gasteiger charge is -2.33. The van der Waals surface area contributed by atoms with Crippen LogP contribution in [0.2, 0.25) is 0 Å². The Morgan fingerprint density at radius 3 is 2.55 bits per heavy atom. The van der Waals surface area contributed by atoms with E-state index in [-0.39, 0.29) is 48.6 Å². The minimum absolute atomic E-state index is 0.0151. The molecule has 1 aromatic rings. The lowest BCUT2D eigenvalue weighted by atomic mass is 10.0. The van der Waals surface area contributed by atoms with Crippen molar-refractivity contribution in [2.24, 2.45) is 0 Å². The molecule has 1 saturated heterocycles. The molecule has 2 heterocycles. The predicted octanol–water partition coefficient (Wildman–Crippen LogP) is 2.32. The summed E-state index contributed by atoms with van der Waals surface area (Å²) >= 11 is 0. The van der Waals surface area contributed by atoms with E-state index in [1.54, 1.807) is 0 Å². The second-order valence-corrected chi connectivity index (χ2v) is 5.06. The van der Waals surface area contributed by atoms with Crippen LogP contribution >= 0.6 is 0 Å². The van der Waals surface area contributed by atoms with Gasteiger partial charge in [0.25, 0.3) is 11.6 Å². The fourth-order valence-corrected chi connectivity index (χ4v) is 2.40. The first-order valence-corrected chi connectivity index (χ1v) is 6.62. The van der Waals surface area contributed by atoms with E-state index in [9.17, 15) is 23.7 Å². The number of nitrogens with zero attached hydrogens (tertiary/aromatic N) is 3. The zero-order valence-electron chi connectivity index (χ0n) is 12.1. The number of halogens is 2. The quantitative estimate of drug-likeness (QED) is 0.483. The van der Waals surface area contributed by atoms with Crippen molar-refractivity contribution in [2.45, 2.75) is 25.7 Å². The monoisotopic (exact) mass is 315 g/mol. The summed E-state index contributed by atoms with van der Waals surface area (Å²) < 4.78 is 31.1. The summed E-state index contributed by atoms with van der Waals surface area (Å²) in [4.78, 5) is 27.7. The van der Waals surface area contributed by atoms with E-state index < -0.39 is 16.8 Å². The standard InChI is InChI=1S/C13H15F2N3O4/c1-8-9(18(20)21)7-16-11(10(8)12(19)22-2)17-5-3-13(14,15)4-6-17/h7H,3-6H2,1-2H3. The van der Waals surface area contributed by atoms with Crippen LogP contribution in [0.3, 0.4) is 0 Å². The van der Waals surface area contributed by atoms with Gasteiger partial charge in [-0.15, -0.1) is 0 Å². The molecule has 9 heteroatoms. The van der Waals surface area contributed by atoms with E-state index in [1.165, 1.54) is 11.8 Å². The summed E-state index contributed by atoms with van der Waals surface area (Å²) in [5, 5.41) is 11.0. The van der Waals surface area contributed by atoms with Crippen LogP contribution in [0.4, 0.5) is 20.3 Å². The maximum atomic E-state index is 13.2. The number of piperidine rings is 1. The Hall–Kier alpha value is -2.32. The molecule has 2 rings (SSSR count). The van der Waals surface area contributed by atoms with Gasteiger partial charge in [0.1, 0.15) is 17.6 Å². The van der Waals surface area contributed by atoms with Gasteiger partial charge in [-0.05, 0) is 6.92 Å². The number of aromatic nitrogens is 1. The highest BCUT2D eigenvalue weighted by Crippen LogP contribution is 2.34. The van der Waals surface area contributed by atoms with Crippen LogP contribution in [0.15, 0.2) is 6.20 Å². The average Bonchev–Trinajstić information content (AvgIpc) is 2.45. The van der Waals surface area contributed by atoms with E-state index in [0.29, 0.717) is 0 Å². The Labute approximate surface area is 125 Å². The van der Waals surface area contributed by atoms with Crippen molar-refractivity contribution in [3.05, 3.63) is 27.4 Å². The minimum atomic E-state index is -2.74. The normalized spacial score (nSPS) is 17.2. The number of anilines is 1. The van der Waals surface area contributed by atoms with Crippen LogP contribution in [0.1, 0.15) is 28.8 Å². The van der Waals surface area contributed by atoms with E-state index >= 15 is 0 Å². The molecule has 0 bridgehead atoms. The van der Waals surface area contributed by atoms with Crippen molar-refractivity contribution in [3.8, 4) is 0 Å². The van der Waals surface area contributed by atoms with Gasteiger partial charge in [0.15, 0.2) is 0 Å². The molecule has 0 amide bonds. The highest BCUT2D eigenvalue weighted by atomic mass is 19.3. The third kappa shape index (κ3) is 2.97. The lowest BCUT2D eigenvalue weighted by Crippen LogP contribution is -2.40. The molecule has 22 heavy (non-hydrogen) atoms. The van der Waals surface area contributed by atoms with Crippen molar-refractivity contribution >= 4 is 17.5 Å². The van der Waals surface area contributed by atoms with Crippen LogP contribution in [-0.4, -0.2) is 42.0 Å². The van der Waals surface area contributed by atoms with Crippen LogP contribution in [0, 0.1) is 17.0 Å². The fourth-order valence-electron chi connectivity index (χ4n) is 2.40. The second kappa shape index (κ2) is 5.82. The Morgan fingerprint density at radius 2 is 2.05 bits per heavy atom. The van der Waals surface area contributed by atoms with Crippen molar-refractivity contribution in [2.75, 3.05) is 25.1 Å². The minimum Gasteiger partial charge on any atom is -0.465 e. The van der Waals surface area contributed by atoms with Gasteiger partial charge in [0, 0.05) is 31.5 Å². The molecule has 1 fully saturated rings. The Balaban J connectivity index is 2.45. The van der Waals surface area contributed by atoms with Crippen LogP contribution in [0.5, 0.6) is 0 Å². The number of hydrogen-bond acceptors (Lipinski definition) is 6. The number of pyridine rings is 1. The topological polar surface area (TPSA) is 85.6 Å². The van der Waals surface area contributed by atoms with Crippen LogP contribution in [0.25, 0.3) is 0 Å². The van der Waals surface area contributed by atoms with Gasteiger partial charge in [0.2, 0.25) is 0 Å². The van der Waals surface area contributed by atoms with Gasteiger partial charge in [-0.2, -0.15) is 0 Å². The van der Waals surface area contributed by atoms with E-state index in [0.717, 1.165) is 13.3 Å². The predicted molar refractivity (Wildman–Crippen MR) is 73.4 cm³/mol. The number of carbonyl (C=O) groups is 1. The molecule has 0 unspecified atom stereocenters. The summed E-state index contributed by atoms with van der Waals surface area (Å²) in [7, 11) is 1.15. The lowest BCUT2D eigenvalue weighted by molar-refractivity contribution is -0.385. The largest absolute Gasteiger partial charge is 0.465 e. The molecular formula is C13H15F2N3O4. The third-order valence-corrected chi connectivity index (χ3v) is 3.67. The smallest absolute Gasteiger partial charge is 0.342 e. The van der Waals surface area contributed by atoms with Gasteiger partial charge in [-0.25, -0.2) is 18.6 Å². The molecule has 120 valence electrons. The summed E-state index contributed by atoms with van der Waals surface area (Å²) in [6.07, 6.45) is 0.320. The first-order valence-electron chi connectivity index (χ1n) is 6.62. The number of esters is 1. The first kappa shape index (κ1) is 16.1. The molecule has 0 aromatic carbocycles. The zero-order chi connectivity index (χ0) is 16.5. The van der Waals surface area contributed by atoms with Gasteiger partial charge in [0.05, 0.1) is 12.0 Å². The molecule has 0 atom stereocenters. The van der Waals surface area contributed by atoms with Crippen molar-refractivity contribution in [1.82, 2.24) is 4.98 Å².